The Labute approximate surface area is 197 Å². The molecule has 2 aromatic carbocycles. The molecule has 0 radical (unpaired) electrons. The Hall–Kier alpha value is -2.81. The van der Waals surface area contributed by atoms with E-state index in [-0.39, 0.29) is 11.5 Å². The molecule has 0 aliphatic carbocycles. The molecule has 178 valence electrons. The number of nitrogens with zero attached hydrogens (tertiary/aromatic N) is 3. The smallest absolute Gasteiger partial charge is 0.387 e. The van der Waals surface area contributed by atoms with Gasteiger partial charge in [-0.05, 0) is 47.7 Å². The molecule has 0 aliphatic rings. The lowest BCUT2D eigenvalue weighted by molar-refractivity contribution is -0.0512. The standard InChI is InChI=1S/C24H29F2N3O3S/c1-5-17-6-9-19(10-7-17)31-14-22-27-28-24(29(22)13-16(2)3)33-15-18-8-11-20(32-23(25)26)21(12-18)30-4/h6-12,16,23H,5,13-15H2,1-4H3. The van der Waals surface area contributed by atoms with Crippen molar-refractivity contribution in [2.75, 3.05) is 7.11 Å². The summed E-state index contributed by atoms with van der Waals surface area (Å²) in [7, 11) is 1.42. The van der Waals surface area contributed by atoms with Crippen LogP contribution in [0.4, 0.5) is 8.78 Å². The highest BCUT2D eigenvalue weighted by atomic mass is 32.2. The summed E-state index contributed by atoms with van der Waals surface area (Å²) >= 11 is 1.52. The molecule has 3 aromatic rings. The Bertz CT molecular complexity index is 1030. The van der Waals surface area contributed by atoms with E-state index in [2.05, 4.69) is 52.4 Å². The van der Waals surface area contributed by atoms with E-state index < -0.39 is 6.61 Å². The van der Waals surface area contributed by atoms with Crippen LogP contribution in [0.2, 0.25) is 0 Å². The predicted molar refractivity (Wildman–Crippen MR) is 124 cm³/mol. The molecule has 1 heterocycles. The summed E-state index contributed by atoms with van der Waals surface area (Å²) in [5.74, 6) is 2.79. The summed E-state index contributed by atoms with van der Waals surface area (Å²) in [6.07, 6.45) is 0.984. The average molecular weight is 478 g/mol. The molecule has 0 atom stereocenters. The van der Waals surface area contributed by atoms with E-state index >= 15 is 0 Å². The van der Waals surface area contributed by atoms with Gasteiger partial charge in [-0.3, -0.25) is 0 Å². The summed E-state index contributed by atoms with van der Waals surface area (Å²) in [5.41, 5.74) is 2.15. The third kappa shape index (κ3) is 7.08. The third-order valence-electron chi connectivity index (χ3n) is 4.85. The number of ether oxygens (including phenoxy) is 3. The fraction of sp³-hybridized carbons (Fsp3) is 0.417. The molecule has 3 rings (SSSR count). The lowest BCUT2D eigenvalue weighted by atomic mass is 10.2. The van der Waals surface area contributed by atoms with Gasteiger partial charge in [-0.15, -0.1) is 10.2 Å². The molecule has 0 fully saturated rings. The van der Waals surface area contributed by atoms with Crippen molar-refractivity contribution in [1.82, 2.24) is 14.8 Å². The maximum atomic E-state index is 12.6. The van der Waals surface area contributed by atoms with Gasteiger partial charge in [-0.2, -0.15) is 8.78 Å². The highest BCUT2D eigenvalue weighted by Crippen LogP contribution is 2.32. The van der Waals surface area contributed by atoms with Crippen molar-refractivity contribution in [3.05, 3.63) is 59.4 Å². The number of aryl methyl sites for hydroxylation is 1. The SMILES string of the molecule is CCc1ccc(OCc2nnc(SCc3ccc(OC(F)F)c(OC)c3)n2CC(C)C)cc1. The Kier molecular flexibility index (Phi) is 8.94. The monoisotopic (exact) mass is 477 g/mol. The second-order valence-electron chi connectivity index (χ2n) is 7.84. The first kappa shape index (κ1) is 24.8. The Balaban J connectivity index is 1.70. The lowest BCUT2D eigenvalue weighted by Gasteiger charge is -2.14. The number of halogens is 2. The summed E-state index contributed by atoms with van der Waals surface area (Å²) in [5, 5.41) is 9.49. The Morgan fingerprint density at radius 1 is 1.00 bits per heavy atom. The van der Waals surface area contributed by atoms with Gasteiger partial charge in [0.1, 0.15) is 12.4 Å². The number of hydrogen-bond donors (Lipinski definition) is 0. The zero-order valence-corrected chi connectivity index (χ0v) is 20.1. The second kappa shape index (κ2) is 11.9. The predicted octanol–water partition coefficient (Wildman–Crippen LogP) is 5.98. The van der Waals surface area contributed by atoms with Gasteiger partial charge in [0.15, 0.2) is 22.5 Å². The van der Waals surface area contributed by atoms with Crippen LogP contribution in [0.15, 0.2) is 47.6 Å². The molecule has 0 N–H and O–H groups in total. The van der Waals surface area contributed by atoms with Crippen molar-refractivity contribution in [3.8, 4) is 17.2 Å². The van der Waals surface area contributed by atoms with Gasteiger partial charge >= 0.3 is 6.61 Å². The molecule has 0 aliphatic heterocycles. The second-order valence-corrected chi connectivity index (χ2v) is 8.78. The zero-order valence-electron chi connectivity index (χ0n) is 19.3. The summed E-state index contributed by atoms with van der Waals surface area (Å²) in [6.45, 7) is 4.56. The first-order valence-electron chi connectivity index (χ1n) is 10.8. The molecule has 0 unspecified atom stereocenters. The Morgan fingerprint density at radius 2 is 1.73 bits per heavy atom. The number of methoxy groups -OCH3 is 1. The number of thioether (sulfide) groups is 1. The fourth-order valence-electron chi connectivity index (χ4n) is 3.19. The van der Waals surface area contributed by atoms with Gasteiger partial charge in [-0.1, -0.05) is 50.7 Å². The summed E-state index contributed by atoms with van der Waals surface area (Å²) < 4.78 is 42.8. The maximum Gasteiger partial charge on any atom is 0.387 e. The van der Waals surface area contributed by atoms with Gasteiger partial charge in [0, 0.05) is 12.3 Å². The number of alkyl halides is 2. The molecule has 9 heteroatoms. The molecule has 0 saturated heterocycles. The number of aromatic nitrogens is 3. The molecule has 1 aromatic heterocycles. The molecule has 0 bridgehead atoms. The lowest BCUT2D eigenvalue weighted by Crippen LogP contribution is -2.12. The molecule has 33 heavy (non-hydrogen) atoms. The van der Waals surface area contributed by atoms with Crippen molar-refractivity contribution < 1.29 is 23.0 Å². The van der Waals surface area contributed by atoms with E-state index in [4.69, 9.17) is 9.47 Å². The van der Waals surface area contributed by atoms with Crippen LogP contribution < -0.4 is 14.2 Å². The van der Waals surface area contributed by atoms with E-state index in [9.17, 15) is 8.78 Å². The van der Waals surface area contributed by atoms with Crippen LogP contribution in [0.1, 0.15) is 37.7 Å². The van der Waals surface area contributed by atoms with Gasteiger partial charge in [0.2, 0.25) is 0 Å². The number of rotatable bonds is 12. The van der Waals surface area contributed by atoms with Gasteiger partial charge in [0.25, 0.3) is 0 Å². The van der Waals surface area contributed by atoms with Gasteiger partial charge in [0.05, 0.1) is 7.11 Å². The third-order valence-corrected chi connectivity index (χ3v) is 5.89. The van der Waals surface area contributed by atoms with Crippen LogP contribution in [0, 0.1) is 5.92 Å². The molecule has 0 saturated carbocycles. The van der Waals surface area contributed by atoms with Crippen molar-refractivity contribution in [2.24, 2.45) is 5.92 Å². The van der Waals surface area contributed by atoms with Crippen LogP contribution in [0.25, 0.3) is 0 Å². The molecule has 0 amide bonds. The Morgan fingerprint density at radius 3 is 2.36 bits per heavy atom. The van der Waals surface area contributed by atoms with Crippen LogP contribution >= 0.6 is 11.8 Å². The van der Waals surface area contributed by atoms with E-state index in [0.717, 1.165) is 35.3 Å². The van der Waals surface area contributed by atoms with E-state index in [1.54, 1.807) is 12.1 Å². The summed E-state index contributed by atoms with van der Waals surface area (Å²) in [4.78, 5) is 0. The number of benzene rings is 2. The first-order valence-corrected chi connectivity index (χ1v) is 11.8. The minimum atomic E-state index is -2.90. The minimum absolute atomic E-state index is 0.00984. The van der Waals surface area contributed by atoms with Crippen LogP contribution in [0.5, 0.6) is 17.2 Å². The highest BCUT2D eigenvalue weighted by Gasteiger charge is 2.16. The van der Waals surface area contributed by atoms with Crippen molar-refractivity contribution in [1.29, 1.82) is 0 Å². The molecule has 0 spiro atoms. The van der Waals surface area contributed by atoms with E-state index in [1.165, 1.54) is 30.5 Å². The highest BCUT2D eigenvalue weighted by molar-refractivity contribution is 7.98. The van der Waals surface area contributed by atoms with Gasteiger partial charge in [-0.25, -0.2) is 0 Å². The van der Waals surface area contributed by atoms with Crippen molar-refractivity contribution >= 4 is 11.8 Å². The number of hydrogen-bond acceptors (Lipinski definition) is 6. The van der Waals surface area contributed by atoms with Crippen LogP contribution in [0.3, 0.4) is 0 Å². The minimum Gasteiger partial charge on any atom is -0.493 e. The van der Waals surface area contributed by atoms with E-state index in [0.29, 0.717) is 18.3 Å². The van der Waals surface area contributed by atoms with Crippen molar-refractivity contribution in [2.45, 2.75) is 57.9 Å². The largest absolute Gasteiger partial charge is 0.493 e. The van der Waals surface area contributed by atoms with Gasteiger partial charge < -0.3 is 18.8 Å². The quantitative estimate of drug-likeness (QED) is 0.299. The van der Waals surface area contributed by atoms with Crippen LogP contribution in [-0.2, 0) is 25.3 Å². The zero-order chi connectivity index (χ0) is 23.8. The fourth-order valence-corrected chi connectivity index (χ4v) is 4.10. The molecular weight excluding hydrogens is 448 g/mol. The normalized spacial score (nSPS) is 11.3. The first-order chi connectivity index (χ1) is 15.9. The molecular formula is C24H29F2N3O3S. The average Bonchev–Trinajstić information content (AvgIpc) is 3.17. The maximum absolute atomic E-state index is 12.6. The van der Waals surface area contributed by atoms with Crippen LogP contribution in [-0.4, -0.2) is 28.5 Å². The van der Waals surface area contributed by atoms with E-state index in [1.807, 2.05) is 12.1 Å². The topological polar surface area (TPSA) is 58.4 Å². The van der Waals surface area contributed by atoms with Crippen molar-refractivity contribution in [3.63, 3.8) is 0 Å². The summed E-state index contributed by atoms with van der Waals surface area (Å²) in [6, 6.07) is 13.0. The molecule has 6 nitrogen and oxygen atoms in total.